The van der Waals surface area contributed by atoms with Crippen molar-refractivity contribution in [2.45, 2.75) is 25.0 Å². The molecule has 0 saturated carbocycles. The summed E-state index contributed by atoms with van der Waals surface area (Å²) in [6.45, 7) is 0.290. The van der Waals surface area contributed by atoms with Crippen LogP contribution < -0.4 is 10.6 Å². The minimum atomic E-state index is -4.52. The fourth-order valence-corrected chi connectivity index (χ4v) is 3.12. The molecule has 28 heavy (non-hydrogen) atoms. The van der Waals surface area contributed by atoms with Crippen LogP contribution in [0.15, 0.2) is 29.4 Å². The molecule has 156 valence electrons. The van der Waals surface area contributed by atoms with Crippen LogP contribution in [0.1, 0.15) is 22.4 Å². The Labute approximate surface area is 182 Å². The highest BCUT2D eigenvalue weighted by atomic mass is 127. The van der Waals surface area contributed by atoms with Crippen molar-refractivity contribution in [3.8, 4) is 0 Å². The number of aliphatic imine (C=N–C) groups is 1. The fourth-order valence-electron chi connectivity index (χ4n) is 2.54. The smallest absolute Gasteiger partial charge is 0.352 e. The van der Waals surface area contributed by atoms with E-state index >= 15 is 0 Å². The third-order valence-corrected chi connectivity index (χ3v) is 4.36. The summed E-state index contributed by atoms with van der Waals surface area (Å²) in [6.07, 6.45) is -1.27. The molecule has 5 nitrogen and oxygen atoms in total. The standard InChI is InChI=1S/C17H21F4N5S.HI/c1-22-16(23-7-11-4-5-14(18)6-12(11)10-27-3)24-8-13-9-26(2)25-15(13)17(19,20)21;/h4-6,9H,7-8,10H2,1-3H3,(H2,22,23,24);1H. The second-order valence-electron chi connectivity index (χ2n) is 5.80. The summed E-state index contributed by atoms with van der Waals surface area (Å²) >= 11 is 1.58. The molecule has 0 spiro atoms. The van der Waals surface area contributed by atoms with Gasteiger partial charge in [0.25, 0.3) is 0 Å². The third kappa shape index (κ3) is 6.83. The quantitative estimate of drug-likeness (QED) is 0.257. The minimum Gasteiger partial charge on any atom is -0.352 e. The van der Waals surface area contributed by atoms with E-state index in [1.165, 1.54) is 32.4 Å². The highest BCUT2D eigenvalue weighted by Gasteiger charge is 2.36. The van der Waals surface area contributed by atoms with E-state index in [9.17, 15) is 17.6 Å². The van der Waals surface area contributed by atoms with Crippen LogP contribution in [0.4, 0.5) is 17.6 Å². The minimum absolute atomic E-state index is 0. The Morgan fingerprint density at radius 3 is 2.39 bits per heavy atom. The van der Waals surface area contributed by atoms with Crippen molar-refractivity contribution in [3.05, 3.63) is 52.6 Å². The van der Waals surface area contributed by atoms with E-state index in [2.05, 4.69) is 20.7 Å². The zero-order valence-corrected chi connectivity index (χ0v) is 18.7. The van der Waals surface area contributed by atoms with Crippen LogP contribution in [0.5, 0.6) is 0 Å². The molecule has 2 rings (SSSR count). The molecule has 0 aliphatic rings. The zero-order chi connectivity index (χ0) is 20.0. The number of hydrogen-bond acceptors (Lipinski definition) is 3. The van der Waals surface area contributed by atoms with Gasteiger partial charge in [0.15, 0.2) is 11.7 Å². The molecular weight excluding hydrogens is 509 g/mol. The molecule has 0 saturated heterocycles. The van der Waals surface area contributed by atoms with Crippen LogP contribution in [-0.2, 0) is 32.1 Å². The topological polar surface area (TPSA) is 54.2 Å². The highest BCUT2D eigenvalue weighted by Crippen LogP contribution is 2.30. The predicted octanol–water partition coefficient (Wildman–Crippen LogP) is 3.92. The number of aromatic nitrogens is 2. The molecule has 0 aliphatic carbocycles. The summed E-state index contributed by atoms with van der Waals surface area (Å²) in [5.41, 5.74) is 0.856. The fraction of sp³-hybridized carbons (Fsp3) is 0.412. The first-order valence-corrected chi connectivity index (χ1v) is 9.44. The lowest BCUT2D eigenvalue weighted by Crippen LogP contribution is -2.36. The molecule has 2 aromatic rings. The van der Waals surface area contributed by atoms with Gasteiger partial charge in [-0.05, 0) is 29.5 Å². The summed E-state index contributed by atoms with van der Waals surface area (Å²) in [6, 6.07) is 4.54. The van der Waals surface area contributed by atoms with Crippen molar-refractivity contribution in [2.75, 3.05) is 13.3 Å². The Balaban J connectivity index is 0.00000392. The summed E-state index contributed by atoms with van der Waals surface area (Å²) in [5, 5.41) is 9.36. The van der Waals surface area contributed by atoms with Gasteiger partial charge in [-0.1, -0.05) is 6.07 Å². The molecule has 2 N–H and O–H groups in total. The lowest BCUT2D eigenvalue weighted by atomic mass is 10.1. The number of benzene rings is 1. The summed E-state index contributed by atoms with van der Waals surface area (Å²) in [5.74, 6) is 0.693. The SMILES string of the molecule is CN=C(NCc1ccc(F)cc1CSC)NCc1cn(C)nc1C(F)(F)F.I. The molecule has 0 bridgehead atoms. The number of halogens is 5. The second-order valence-corrected chi connectivity index (χ2v) is 6.67. The maximum Gasteiger partial charge on any atom is 0.435 e. The molecular formula is C17H22F4IN5S. The molecule has 1 aromatic heterocycles. The van der Waals surface area contributed by atoms with Crippen LogP contribution in [0.3, 0.4) is 0 Å². The number of thioether (sulfide) groups is 1. The normalized spacial score (nSPS) is 11.9. The third-order valence-electron chi connectivity index (χ3n) is 3.76. The van der Waals surface area contributed by atoms with Crippen LogP contribution in [0.25, 0.3) is 0 Å². The predicted molar refractivity (Wildman–Crippen MR) is 114 cm³/mol. The number of nitrogens with one attached hydrogen (secondary N) is 2. The Bertz CT molecular complexity index is 807. The monoisotopic (exact) mass is 531 g/mol. The van der Waals surface area contributed by atoms with E-state index < -0.39 is 11.9 Å². The first-order chi connectivity index (χ1) is 12.7. The van der Waals surface area contributed by atoms with Crippen LogP contribution in [-0.4, -0.2) is 29.0 Å². The van der Waals surface area contributed by atoms with Gasteiger partial charge < -0.3 is 10.6 Å². The first-order valence-electron chi connectivity index (χ1n) is 8.05. The van der Waals surface area contributed by atoms with Crippen molar-refractivity contribution in [2.24, 2.45) is 12.0 Å². The van der Waals surface area contributed by atoms with Crippen molar-refractivity contribution < 1.29 is 17.6 Å². The number of hydrogen-bond donors (Lipinski definition) is 2. The Hall–Kier alpha value is -1.50. The van der Waals surface area contributed by atoms with Gasteiger partial charge in [-0.25, -0.2) is 4.39 Å². The molecule has 1 heterocycles. The Kier molecular flexibility index (Phi) is 9.54. The molecule has 0 fully saturated rings. The summed E-state index contributed by atoms with van der Waals surface area (Å²) in [4.78, 5) is 4.02. The Morgan fingerprint density at radius 2 is 1.82 bits per heavy atom. The molecule has 0 aliphatic heterocycles. The van der Waals surface area contributed by atoms with E-state index in [1.807, 2.05) is 6.26 Å². The van der Waals surface area contributed by atoms with Crippen molar-refractivity contribution in [1.82, 2.24) is 20.4 Å². The van der Waals surface area contributed by atoms with Crippen LogP contribution in [0.2, 0.25) is 0 Å². The molecule has 0 atom stereocenters. The number of rotatable bonds is 6. The number of nitrogens with zero attached hydrogens (tertiary/aromatic N) is 3. The molecule has 0 amide bonds. The van der Waals surface area contributed by atoms with E-state index in [1.54, 1.807) is 17.8 Å². The Morgan fingerprint density at radius 1 is 1.18 bits per heavy atom. The molecule has 0 radical (unpaired) electrons. The lowest BCUT2D eigenvalue weighted by molar-refractivity contribution is -0.142. The van der Waals surface area contributed by atoms with E-state index in [0.29, 0.717) is 18.3 Å². The van der Waals surface area contributed by atoms with Crippen LogP contribution >= 0.6 is 35.7 Å². The van der Waals surface area contributed by atoms with Gasteiger partial charge in [-0.15, -0.1) is 24.0 Å². The average molecular weight is 531 g/mol. The van der Waals surface area contributed by atoms with Gasteiger partial charge in [-0.3, -0.25) is 9.67 Å². The van der Waals surface area contributed by atoms with Gasteiger partial charge in [0.1, 0.15) is 5.82 Å². The molecule has 1 aromatic carbocycles. The maximum absolute atomic E-state index is 13.4. The maximum atomic E-state index is 13.4. The summed E-state index contributed by atoms with van der Waals surface area (Å²) in [7, 11) is 2.96. The van der Waals surface area contributed by atoms with Gasteiger partial charge in [0, 0.05) is 44.7 Å². The molecule has 11 heteroatoms. The van der Waals surface area contributed by atoms with E-state index in [-0.39, 0.29) is 41.9 Å². The van der Waals surface area contributed by atoms with Gasteiger partial charge >= 0.3 is 6.18 Å². The molecule has 0 unspecified atom stereocenters. The summed E-state index contributed by atoms with van der Waals surface area (Å²) < 4.78 is 53.6. The van der Waals surface area contributed by atoms with E-state index in [4.69, 9.17) is 0 Å². The highest BCUT2D eigenvalue weighted by molar-refractivity contribution is 14.0. The number of guanidine groups is 1. The van der Waals surface area contributed by atoms with Crippen molar-refractivity contribution in [1.29, 1.82) is 0 Å². The first kappa shape index (κ1) is 24.5. The van der Waals surface area contributed by atoms with Crippen molar-refractivity contribution in [3.63, 3.8) is 0 Å². The largest absolute Gasteiger partial charge is 0.435 e. The average Bonchev–Trinajstić information content (AvgIpc) is 2.98. The van der Waals surface area contributed by atoms with Crippen LogP contribution in [0, 0.1) is 5.82 Å². The zero-order valence-electron chi connectivity index (χ0n) is 15.6. The number of alkyl halides is 3. The second kappa shape index (κ2) is 10.9. The lowest BCUT2D eigenvalue weighted by Gasteiger charge is -2.14. The van der Waals surface area contributed by atoms with Crippen molar-refractivity contribution >= 4 is 41.7 Å². The van der Waals surface area contributed by atoms with E-state index in [0.717, 1.165) is 15.8 Å². The van der Waals surface area contributed by atoms with Gasteiger partial charge in [0.05, 0.1) is 0 Å². The number of aryl methyl sites for hydroxylation is 1. The van der Waals surface area contributed by atoms with Gasteiger partial charge in [0.2, 0.25) is 0 Å². The van der Waals surface area contributed by atoms with Gasteiger partial charge in [-0.2, -0.15) is 30.0 Å².